The van der Waals surface area contributed by atoms with Gasteiger partial charge in [-0.05, 0) is 12.0 Å². The second-order valence-corrected chi connectivity index (χ2v) is 5.89. The first-order chi connectivity index (χ1) is 9.55. The highest BCUT2D eigenvalue weighted by molar-refractivity contribution is 5.13. The zero-order valence-electron chi connectivity index (χ0n) is 12.4. The summed E-state index contributed by atoms with van der Waals surface area (Å²) in [6.45, 7) is 7.54. The highest BCUT2D eigenvalue weighted by atomic mass is 16.5. The molecule has 20 heavy (non-hydrogen) atoms. The van der Waals surface area contributed by atoms with Crippen molar-refractivity contribution in [3.8, 4) is 0 Å². The van der Waals surface area contributed by atoms with Gasteiger partial charge in [0.15, 0.2) is 0 Å². The van der Waals surface area contributed by atoms with Crippen LogP contribution in [0.3, 0.4) is 0 Å². The summed E-state index contributed by atoms with van der Waals surface area (Å²) >= 11 is 0. The molecule has 2 aromatic rings. The molecule has 0 atom stereocenters. The van der Waals surface area contributed by atoms with Crippen molar-refractivity contribution >= 4 is 0 Å². The maximum absolute atomic E-state index is 5.64. The lowest BCUT2D eigenvalue weighted by Crippen LogP contribution is -2.11. The zero-order chi connectivity index (χ0) is 14.4. The number of rotatable bonds is 6. The van der Waals surface area contributed by atoms with E-state index in [1.54, 1.807) is 0 Å². The van der Waals surface area contributed by atoms with Gasteiger partial charge in [-0.1, -0.05) is 51.1 Å². The second kappa shape index (κ2) is 6.66. The first kappa shape index (κ1) is 14.7. The number of hydrogen-bond acceptors (Lipinski definition) is 4. The first-order valence-electron chi connectivity index (χ1n) is 7.00. The molecule has 4 heteroatoms. The van der Waals surface area contributed by atoms with E-state index in [0.29, 0.717) is 25.0 Å². The lowest BCUT2D eigenvalue weighted by Gasteiger charge is -2.10. The number of benzene rings is 1. The van der Waals surface area contributed by atoms with Gasteiger partial charge in [0.25, 0.3) is 0 Å². The Morgan fingerprint density at radius 2 is 1.85 bits per heavy atom. The minimum Gasteiger partial charge on any atom is -0.425 e. The molecular formula is C16H22N2O2. The highest BCUT2D eigenvalue weighted by Crippen LogP contribution is 2.20. The van der Waals surface area contributed by atoms with Crippen LogP contribution in [0.15, 0.2) is 34.7 Å². The fourth-order valence-electron chi connectivity index (χ4n) is 1.75. The van der Waals surface area contributed by atoms with Gasteiger partial charge in [-0.25, -0.2) is 0 Å². The number of aromatic nitrogens is 2. The Hall–Kier alpha value is -1.68. The molecule has 0 spiro atoms. The molecule has 4 nitrogen and oxygen atoms in total. The summed E-state index contributed by atoms with van der Waals surface area (Å²) in [4.78, 5) is 0. The van der Waals surface area contributed by atoms with Gasteiger partial charge >= 0.3 is 0 Å². The Labute approximate surface area is 120 Å². The molecule has 0 saturated carbocycles. The summed E-state index contributed by atoms with van der Waals surface area (Å²) in [6.07, 6.45) is 1.65. The number of ether oxygens (including phenoxy) is 1. The molecule has 0 amide bonds. The molecular weight excluding hydrogens is 252 g/mol. The Kier molecular flexibility index (Phi) is 4.90. The summed E-state index contributed by atoms with van der Waals surface area (Å²) < 4.78 is 11.3. The largest absolute Gasteiger partial charge is 0.425 e. The van der Waals surface area contributed by atoms with Gasteiger partial charge in [0.05, 0.1) is 6.61 Å². The van der Waals surface area contributed by atoms with Crippen LogP contribution in [-0.2, 0) is 23.2 Å². The molecule has 2 rings (SSSR count). The van der Waals surface area contributed by atoms with Crippen LogP contribution in [0.4, 0.5) is 0 Å². The molecule has 1 heterocycles. The maximum Gasteiger partial charge on any atom is 0.221 e. The zero-order valence-corrected chi connectivity index (χ0v) is 12.4. The van der Waals surface area contributed by atoms with Crippen molar-refractivity contribution in [1.29, 1.82) is 0 Å². The fourth-order valence-corrected chi connectivity index (χ4v) is 1.75. The lowest BCUT2D eigenvalue weighted by atomic mass is 9.97. The van der Waals surface area contributed by atoms with Crippen molar-refractivity contribution in [1.82, 2.24) is 10.2 Å². The minimum atomic E-state index is -0.0882. The van der Waals surface area contributed by atoms with E-state index in [9.17, 15) is 0 Å². The van der Waals surface area contributed by atoms with Gasteiger partial charge in [0, 0.05) is 18.4 Å². The molecule has 0 aliphatic carbocycles. The molecule has 1 aromatic carbocycles. The predicted molar refractivity (Wildman–Crippen MR) is 77.4 cm³/mol. The molecule has 0 saturated heterocycles. The summed E-state index contributed by atoms with van der Waals surface area (Å²) in [7, 11) is 0. The fraction of sp³-hybridized carbons (Fsp3) is 0.500. The van der Waals surface area contributed by atoms with Crippen molar-refractivity contribution in [2.24, 2.45) is 0 Å². The van der Waals surface area contributed by atoms with Crippen LogP contribution >= 0.6 is 0 Å². The number of aryl methyl sites for hydroxylation is 1. The molecule has 0 N–H and O–H groups in total. The van der Waals surface area contributed by atoms with E-state index < -0.39 is 0 Å². The summed E-state index contributed by atoms with van der Waals surface area (Å²) in [5.41, 5.74) is 1.11. The quantitative estimate of drug-likeness (QED) is 0.756. The Morgan fingerprint density at radius 3 is 2.50 bits per heavy atom. The van der Waals surface area contributed by atoms with E-state index in [1.807, 2.05) is 18.2 Å². The topological polar surface area (TPSA) is 48.2 Å². The van der Waals surface area contributed by atoms with Crippen molar-refractivity contribution < 1.29 is 9.15 Å². The van der Waals surface area contributed by atoms with Crippen LogP contribution in [0.2, 0.25) is 0 Å². The first-order valence-corrected chi connectivity index (χ1v) is 7.00. The highest BCUT2D eigenvalue weighted by Gasteiger charge is 2.21. The van der Waals surface area contributed by atoms with Crippen LogP contribution in [0, 0.1) is 0 Å². The van der Waals surface area contributed by atoms with Crippen molar-refractivity contribution in [2.45, 2.75) is 45.6 Å². The van der Waals surface area contributed by atoms with E-state index in [2.05, 4.69) is 43.1 Å². The van der Waals surface area contributed by atoms with Gasteiger partial charge in [-0.15, -0.1) is 10.2 Å². The molecule has 0 aliphatic heterocycles. The molecule has 0 fully saturated rings. The monoisotopic (exact) mass is 274 g/mol. The molecule has 0 radical (unpaired) electrons. The maximum atomic E-state index is 5.64. The SMILES string of the molecule is CC(C)(C)c1nnc(CCCOCc2ccccc2)o1. The third-order valence-electron chi connectivity index (χ3n) is 2.90. The van der Waals surface area contributed by atoms with E-state index in [0.717, 1.165) is 12.8 Å². The van der Waals surface area contributed by atoms with Crippen LogP contribution in [-0.4, -0.2) is 16.8 Å². The smallest absolute Gasteiger partial charge is 0.221 e. The number of hydrogen-bond donors (Lipinski definition) is 0. The van der Waals surface area contributed by atoms with E-state index in [4.69, 9.17) is 9.15 Å². The summed E-state index contributed by atoms with van der Waals surface area (Å²) in [5, 5.41) is 8.14. The van der Waals surface area contributed by atoms with Gasteiger partial charge in [0.1, 0.15) is 0 Å². The summed E-state index contributed by atoms with van der Waals surface area (Å²) in [6, 6.07) is 10.2. The van der Waals surface area contributed by atoms with Gasteiger partial charge in [-0.2, -0.15) is 0 Å². The average molecular weight is 274 g/mol. The van der Waals surface area contributed by atoms with Gasteiger partial charge in [0.2, 0.25) is 11.8 Å². The third-order valence-corrected chi connectivity index (χ3v) is 2.90. The van der Waals surface area contributed by atoms with E-state index in [-0.39, 0.29) is 5.41 Å². The Morgan fingerprint density at radius 1 is 1.10 bits per heavy atom. The Balaban J connectivity index is 1.67. The molecule has 108 valence electrons. The van der Waals surface area contributed by atoms with Crippen molar-refractivity contribution in [3.05, 3.63) is 47.7 Å². The van der Waals surface area contributed by atoms with Crippen molar-refractivity contribution in [2.75, 3.05) is 6.61 Å². The van der Waals surface area contributed by atoms with Crippen molar-refractivity contribution in [3.63, 3.8) is 0 Å². The predicted octanol–water partition coefficient (Wildman–Crippen LogP) is 3.52. The molecule has 0 bridgehead atoms. The second-order valence-electron chi connectivity index (χ2n) is 5.89. The van der Waals surface area contributed by atoms with Gasteiger partial charge in [-0.3, -0.25) is 0 Å². The van der Waals surface area contributed by atoms with Crippen LogP contribution in [0.1, 0.15) is 44.5 Å². The molecule has 0 aliphatic rings. The standard InChI is InChI=1S/C16H22N2O2/c1-16(2,3)15-18-17-14(20-15)10-7-11-19-12-13-8-5-4-6-9-13/h4-6,8-9H,7,10-12H2,1-3H3. The average Bonchev–Trinajstić information content (AvgIpc) is 2.88. The molecule has 1 aromatic heterocycles. The Bertz CT molecular complexity index is 515. The summed E-state index contributed by atoms with van der Waals surface area (Å²) in [5.74, 6) is 1.39. The van der Waals surface area contributed by atoms with Crippen LogP contribution < -0.4 is 0 Å². The molecule has 0 unspecified atom stereocenters. The lowest BCUT2D eigenvalue weighted by molar-refractivity contribution is 0.117. The van der Waals surface area contributed by atoms with Crippen LogP contribution in [0.5, 0.6) is 0 Å². The normalized spacial score (nSPS) is 11.8. The van der Waals surface area contributed by atoms with Gasteiger partial charge < -0.3 is 9.15 Å². The van der Waals surface area contributed by atoms with E-state index in [1.165, 1.54) is 5.56 Å². The van der Waals surface area contributed by atoms with E-state index >= 15 is 0 Å². The number of nitrogens with zero attached hydrogens (tertiary/aromatic N) is 2. The third kappa shape index (κ3) is 4.46. The minimum absolute atomic E-state index is 0.0882. The van der Waals surface area contributed by atoms with Crippen LogP contribution in [0.25, 0.3) is 0 Å².